The van der Waals surface area contributed by atoms with Crippen molar-refractivity contribution in [3.63, 3.8) is 0 Å². The summed E-state index contributed by atoms with van der Waals surface area (Å²) in [5, 5.41) is 0. The summed E-state index contributed by atoms with van der Waals surface area (Å²) in [6, 6.07) is 15.1. The number of benzene rings is 2. The molecule has 3 aromatic rings. The normalized spacial score (nSPS) is 12.1. The van der Waals surface area contributed by atoms with Crippen LogP contribution in [0.25, 0.3) is 0 Å². The Bertz CT molecular complexity index is 1180. The molecule has 0 aliphatic rings. The van der Waals surface area contributed by atoms with Gasteiger partial charge in [-0.1, -0.05) is 31.2 Å². The summed E-state index contributed by atoms with van der Waals surface area (Å²) in [5.41, 5.74) is 1.24. The van der Waals surface area contributed by atoms with Gasteiger partial charge in [0.15, 0.2) is 5.75 Å². The Morgan fingerprint density at radius 2 is 1.76 bits per heavy atom. The minimum Gasteiger partial charge on any atom is -0.493 e. The van der Waals surface area contributed by atoms with E-state index in [0.29, 0.717) is 44.0 Å². The van der Waals surface area contributed by atoms with E-state index in [4.69, 9.17) is 18.9 Å². The highest BCUT2D eigenvalue weighted by atomic mass is 19.4. The molecule has 1 atom stereocenters. The molecule has 9 heteroatoms. The number of carbonyl (C=O) groups is 1. The molecule has 0 N–H and O–H groups in total. The predicted octanol–water partition coefficient (Wildman–Crippen LogP) is 7.19. The smallest absolute Gasteiger partial charge is 0.418 e. The van der Waals surface area contributed by atoms with Crippen molar-refractivity contribution in [1.82, 2.24) is 4.98 Å². The van der Waals surface area contributed by atoms with Crippen molar-refractivity contribution in [3.05, 3.63) is 77.5 Å². The lowest BCUT2D eigenvalue weighted by Gasteiger charge is -2.18. The second kappa shape index (κ2) is 13.7. The van der Waals surface area contributed by atoms with Crippen molar-refractivity contribution in [2.24, 2.45) is 0 Å². The second-order valence-corrected chi connectivity index (χ2v) is 8.59. The highest BCUT2D eigenvalue weighted by Crippen LogP contribution is 2.37. The van der Waals surface area contributed by atoms with Crippen LogP contribution in [0.4, 0.5) is 13.2 Å². The van der Waals surface area contributed by atoms with Gasteiger partial charge in [-0.2, -0.15) is 13.2 Å². The highest BCUT2D eigenvalue weighted by Gasteiger charge is 2.32. The number of rotatable bonds is 13. The molecule has 0 aliphatic carbocycles. The number of ether oxygens (including phenoxy) is 4. The summed E-state index contributed by atoms with van der Waals surface area (Å²) in [6.45, 7) is 6.29. The molecule has 6 nitrogen and oxygen atoms in total. The number of esters is 1. The molecular formula is C29H32F3NO5. The van der Waals surface area contributed by atoms with E-state index in [9.17, 15) is 18.0 Å². The minimum atomic E-state index is -4.56. The average Bonchev–Trinajstić information content (AvgIpc) is 2.89. The maximum absolute atomic E-state index is 13.2. The lowest BCUT2D eigenvalue weighted by molar-refractivity contribution is -0.143. The summed E-state index contributed by atoms with van der Waals surface area (Å²) in [5.74, 6) is 0.684. The molecule has 0 aliphatic heterocycles. The molecule has 204 valence electrons. The number of aromatic nitrogens is 1. The number of nitrogens with zero attached hydrogens (tertiary/aromatic N) is 1. The standard InChI is InChI=1S/C29H32F3NO5/c1-4-21-17-25(13-11-22(21)12-14-27(34)35-5-2)36-16-15-20(3)37-28-26(38-24-9-7-6-8-10-24)18-23(19-33-28)29(30,31)32/h6-11,13,17-20H,4-5,12,14-16H2,1-3H3/t20-/m0/s1. The zero-order valence-electron chi connectivity index (χ0n) is 21.7. The molecule has 0 fully saturated rings. The fourth-order valence-electron chi connectivity index (χ4n) is 3.69. The van der Waals surface area contributed by atoms with Crippen molar-refractivity contribution in [3.8, 4) is 23.1 Å². The van der Waals surface area contributed by atoms with Gasteiger partial charge >= 0.3 is 12.1 Å². The van der Waals surface area contributed by atoms with Crippen LogP contribution in [0.2, 0.25) is 0 Å². The number of hydrogen-bond acceptors (Lipinski definition) is 6. The monoisotopic (exact) mass is 531 g/mol. The number of hydrogen-bond donors (Lipinski definition) is 0. The van der Waals surface area contributed by atoms with Gasteiger partial charge in [0.25, 0.3) is 5.88 Å². The summed E-state index contributed by atoms with van der Waals surface area (Å²) < 4.78 is 62.1. The zero-order chi connectivity index (χ0) is 27.5. The van der Waals surface area contributed by atoms with Crippen LogP contribution < -0.4 is 14.2 Å². The third-order valence-electron chi connectivity index (χ3n) is 5.68. The molecule has 0 saturated heterocycles. The third-order valence-corrected chi connectivity index (χ3v) is 5.68. The van der Waals surface area contributed by atoms with Crippen LogP contribution in [-0.2, 0) is 28.5 Å². The lowest BCUT2D eigenvalue weighted by atomic mass is 10.0. The number of carbonyl (C=O) groups excluding carboxylic acids is 1. The van der Waals surface area contributed by atoms with Crippen molar-refractivity contribution < 1.29 is 36.9 Å². The maximum atomic E-state index is 13.2. The number of pyridine rings is 1. The molecule has 0 saturated carbocycles. The Hall–Kier alpha value is -3.75. The van der Waals surface area contributed by atoms with Gasteiger partial charge in [0, 0.05) is 25.1 Å². The molecular weight excluding hydrogens is 499 g/mol. The molecule has 3 rings (SSSR count). The fourth-order valence-corrected chi connectivity index (χ4v) is 3.69. The lowest BCUT2D eigenvalue weighted by Crippen LogP contribution is -2.17. The zero-order valence-corrected chi connectivity index (χ0v) is 21.7. The first-order valence-corrected chi connectivity index (χ1v) is 12.6. The van der Waals surface area contributed by atoms with E-state index in [0.717, 1.165) is 29.8 Å². The van der Waals surface area contributed by atoms with E-state index in [-0.39, 0.29) is 17.6 Å². The SMILES string of the molecule is CCOC(=O)CCc1ccc(OCC[C@H](C)Oc2ncc(C(F)(F)F)cc2Oc2ccccc2)cc1CC. The van der Waals surface area contributed by atoms with Crippen molar-refractivity contribution >= 4 is 5.97 Å². The summed E-state index contributed by atoms with van der Waals surface area (Å²) >= 11 is 0. The number of para-hydroxylation sites is 1. The molecule has 0 radical (unpaired) electrons. The van der Waals surface area contributed by atoms with Crippen LogP contribution in [0.5, 0.6) is 23.1 Å². The van der Waals surface area contributed by atoms with Crippen LogP contribution in [0.15, 0.2) is 60.8 Å². The Labute approximate surface area is 220 Å². The fraction of sp³-hybridized carbons (Fsp3) is 0.379. The molecule has 38 heavy (non-hydrogen) atoms. The first-order chi connectivity index (χ1) is 18.2. The second-order valence-electron chi connectivity index (χ2n) is 8.59. The number of aryl methyl sites for hydroxylation is 2. The van der Waals surface area contributed by atoms with Gasteiger partial charge in [0.2, 0.25) is 0 Å². The Balaban J connectivity index is 1.60. The molecule has 0 unspecified atom stereocenters. The van der Waals surface area contributed by atoms with Gasteiger partial charge in [-0.05, 0) is 62.1 Å². The van der Waals surface area contributed by atoms with Crippen LogP contribution in [0, 0.1) is 0 Å². The maximum Gasteiger partial charge on any atom is 0.418 e. The van der Waals surface area contributed by atoms with Gasteiger partial charge in [0.05, 0.1) is 18.8 Å². The first kappa shape index (κ1) is 28.8. The van der Waals surface area contributed by atoms with E-state index >= 15 is 0 Å². The van der Waals surface area contributed by atoms with E-state index < -0.39 is 17.8 Å². The summed E-state index contributed by atoms with van der Waals surface area (Å²) in [4.78, 5) is 15.6. The van der Waals surface area contributed by atoms with E-state index in [1.165, 1.54) is 0 Å². The molecule has 0 amide bonds. The summed E-state index contributed by atoms with van der Waals surface area (Å²) in [7, 11) is 0. The molecule has 1 aromatic heterocycles. The molecule has 0 spiro atoms. The molecule has 0 bridgehead atoms. The van der Waals surface area contributed by atoms with Crippen LogP contribution in [0.3, 0.4) is 0 Å². The topological polar surface area (TPSA) is 66.9 Å². The van der Waals surface area contributed by atoms with E-state index in [1.807, 2.05) is 25.1 Å². The number of alkyl halides is 3. The minimum absolute atomic E-state index is 0.0337. The third kappa shape index (κ3) is 8.68. The average molecular weight is 532 g/mol. The molecule has 2 aromatic carbocycles. The van der Waals surface area contributed by atoms with E-state index in [2.05, 4.69) is 4.98 Å². The van der Waals surface area contributed by atoms with Gasteiger partial charge in [0.1, 0.15) is 17.6 Å². The van der Waals surface area contributed by atoms with Gasteiger partial charge < -0.3 is 18.9 Å². The van der Waals surface area contributed by atoms with Crippen LogP contribution in [0.1, 0.15) is 50.3 Å². The van der Waals surface area contributed by atoms with Crippen LogP contribution >= 0.6 is 0 Å². The quantitative estimate of drug-likeness (QED) is 0.218. The van der Waals surface area contributed by atoms with Crippen molar-refractivity contribution in [1.29, 1.82) is 0 Å². The first-order valence-electron chi connectivity index (χ1n) is 12.6. The number of halogens is 3. The van der Waals surface area contributed by atoms with Crippen molar-refractivity contribution in [2.45, 2.75) is 58.7 Å². The van der Waals surface area contributed by atoms with Gasteiger partial charge in [-0.25, -0.2) is 4.98 Å². The largest absolute Gasteiger partial charge is 0.493 e. The Morgan fingerprint density at radius 1 is 1.00 bits per heavy atom. The Morgan fingerprint density at radius 3 is 2.45 bits per heavy atom. The highest BCUT2D eigenvalue weighted by molar-refractivity contribution is 5.69. The Kier molecular flexibility index (Phi) is 10.4. The predicted molar refractivity (Wildman–Crippen MR) is 137 cm³/mol. The summed E-state index contributed by atoms with van der Waals surface area (Å²) in [6.07, 6.45) is -2.08. The molecule has 1 heterocycles. The van der Waals surface area contributed by atoms with Crippen molar-refractivity contribution in [2.75, 3.05) is 13.2 Å². The van der Waals surface area contributed by atoms with Gasteiger partial charge in [-0.15, -0.1) is 0 Å². The van der Waals surface area contributed by atoms with Gasteiger partial charge in [-0.3, -0.25) is 4.79 Å². The van der Waals surface area contributed by atoms with E-state index in [1.54, 1.807) is 44.2 Å². The van der Waals surface area contributed by atoms with Crippen LogP contribution in [-0.4, -0.2) is 30.3 Å².